The number of Topliss-reactive ketones (excluding diaryl/α,β-unsaturated/α-hetero) is 1. The van der Waals surface area contributed by atoms with Crippen molar-refractivity contribution in [3.63, 3.8) is 0 Å². The molecule has 2 rings (SSSR count). The first kappa shape index (κ1) is 12.9. The molecule has 2 nitrogen and oxygen atoms in total. The highest BCUT2D eigenvalue weighted by Crippen LogP contribution is 2.22. The number of benzene rings is 1. The lowest BCUT2D eigenvalue weighted by molar-refractivity contribution is 0.0980. The molecule has 0 saturated carbocycles. The van der Waals surface area contributed by atoms with Crippen LogP contribution in [0.3, 0.4) is 0 Å². The summed E-state index contributed by atoms with van der Waals surface area (Å²) in [5.41, 5.74) is 2.01. The highest BCUT2D eigenvalue weighted by molar-refractivity contribution is 6.08. The number of carbonyl (C=O) groups excluding carboxylic acids is 1. The zero-order valence-electron chi connectivity index (χ0n) is 11.3. The van der Waals surface area contributed by atoms with Gasteiger partial charge in [0.15, 0.2) is 5.78 Å². The second kappa shape index (κ2) is 5.85. The molecule has 0 aliphatic carbocycles. The Morgan fingerprint density at radius 2 is 1.94 bits per heavy atom. The van der Waals surface area contributed by atoms with Crippen LogP contribution in [0.5, 0.6) is 0 Å². The zero-order chi connectivity index (χ0) is 13.0. The molecule has 1 aromatic heterocycles. The predicted molar refractivity (Wildman–Crippen MR) is 76.0 cm³/mol. The van der Waals surface area contributed by atoms with Gasteiger partial charge in [0, 0.05) is 36.1 Å². The number of nitrogens with zero attached hydrogens (tertiary/aromatic N) is 1. The fraction of sp³-hybridized carbons (Fsp3) is 0.438. The Labute approximate surface area is 109 Å². The minimum Gasteiger partial charge on any atom is -0.350 e. The van der Waals surface area contributed by atoms with E-state index >= 15 is 0 Å². The van der Waals surface area contributed by atoms with E-state index in [2.05, 4.69) is 13.0 Å². The Bertz CT molecular complexity index is 539. The van der Waals surface area contributed by atoms with Crippen LogP contribution in [0.15, 0.2) is 30.5 Å². The van der Waals surface area contributed by atoms with Crippen LogP contribution in [0.25, 0.3) is 10.9 Å². The minimum atomic E-state index is 0.280. The topological polar surface area (TPSA) is 22.0 Å². The van der Waals surface area contributed by atoms with E-state index in [0.29, 0.717) is 6.42 Å². The third-order valence-corrected chi connectivity index (χ3v) is 3.45. The van der Waals surface area contributed by atoms with Crippen molar-refractivity contribution in [2.45, 2.75) is 39.0 Å². The van der Waals surface area contributed by atoms with Gasteiger partial charge in [0.1, 0.15) is 0 Å². The van der Waals surface area contributed by atoms with E-state index in [1.165, 1.54) is 12.8 Å². The molecule has 0 unspecified atom stereocenters. The molecule has 0 amide bonds. The molecule has 2 aromatic rings. The second-order valence-corrected chi connectivity index (χ2v) is 4.90. The lowest BCUT2D eigenvalue weighted by Gasteiger charge is -1.99. The van der Waals surface area contributed by atoms with Crippen LogP contribution in [0.2, 0.25) is 0 Å². The number of unbranched alkanes of at least 4 members (excludes halogenated alkanes) is 3. The van der Waals surface area contributed by atoms with Crippen LogP contribution in [0.4, 0.5) is 0 Å². The summed E-state index contributed by atoms with van der Waals surface area (Å²) in [6.45, 7) is 2.19. The molecule has 0 saturated heterocycles. The quantitative estimate of drug-likeness (QED) is 0.546. The Morgan fingerprint density at radius 3 is 2.72 bits per heavy atom. The first-order chi connectivity index (χ1) is 8.74. The first-order valence-corrected chi connectivity index (χ1v) is 6.81. The number of para-hydroxylation sites is 1. The van der Waals surface area contributed by atoms with Gasteiger partial charge in [-0.05, 0) is 12.5 Å². The van der Waals surface area contributed by atoms with E-state index in [-0.39, 0.29) is 5.78 Å². The maximum absolute atomic E-state index is 12.2. The molecule has 1 aromatic carbocycles. The Kier molecular flexibility index (Phi) is 4.19. The largest absolute Gasteiger partial charge is 0.350 e. The van der Waals surface area contributed by atoms with Gasteiger partial charge < -0.3 is 4.57 Å². The molecular formula is C16H21NO. The van der Waals surface area contributed by atoms with E-state index in [9.17, 15) is 4.79 Å². The van der Waals surface area contributed by atoms with Crippen LogP contribution in [0, 0.1) is 0 Å². The lowest BCUT2D eigenvalue weighted by atomic mass is 10.0. The summed E-state index contributed by atoms with van der Waals surface area (Å²) in [4.78, 5) is 12.2. The van der Waals surface area contributed by atoms with Gasteiger partial charge in [0.2, 0.25) is 0 Å². The molecule has 0 fully saturated rings. The maximum Gasteiger partial charge on any atom is 0.165 e. The number of hydrogen-bond acceptors (Lipinski definition) is 1. The van der Waals surface area contributed by atoms with E-state index < -0.39 is 0 Å². The lowest BCUT2D eigenvalue weighted by Crippen LogP contribution is -1.98. The molecule has 1 heterocycles. The third kappa shape index (κ3) is 2.63. The van der Waals surface area contributed by atoms with Gasteiger partial charge in [-0.3, -0.25) is 4.79 Å². The van der Waals surface area contributed by atoms with Crippen molar-refractivity contribution < 1.29 is 4.79 Å². The van der Waals surface area contributed by atoms with Gasteiger partial charge in [-0.2, -0.15) is 0 Å². The molecule has 96 valence electrons. The standard InChI is InChI=1S/C16H21NO/c1-3-4-5-6-11-16(18)14-12-17(2)15-10-8-7-9-13(14)15/h7-10,12H,3-6,11H2,1-2H3. The van der Waals surface area contributed by atoms with Crippen molar-refractivity contribution in [1.82, 2.24) is 4.57 Å². The van der Waals surface area contributed by atoms with Crippen molar-refractivity contribution in [3.05, 3.63) is 36.0 Å². The van der Waals surface area contributed by atoms with Crippen molar-refractivity contribution in [1.29, 1.82) is 0 Å². The summed E-state index contributed by atoms with van der Waals surface area (Å²) in [5.74, 6) is 0.280. The SMILES string of the molecule is CCCCCCC(=O)c1cn(C)c2ccccc12. The summed E-state index contributed by atoms with van der Waals surface area (Å²) >= 11 is 0. The van der Waals surface area contributed by atoms with Crippen LogP contribution in [-0.2, 0) is 7.05 Å². The molecular weight excluding hydrogens is 222 g/mol. The van der Waals surface area contributed by atoms with Crippen molar-refractivity contribution >= 4 is 16.7 Å². The number of rotatable bonds is 6. The molecule has 0 aliphatic heterocycles. The molecule has 2 heteroatoms. The average Bonchev–Trinajstić information content (AvgIpc) is 2.73. The summed E-state index contributed by atoms with van der Waals surface area (Å²) < 4.78 is 2.04. The monoisotopic (exact) mass is 243 g/mol. The van der Waals surface area contributed by atoms with Gasteiger partial charge >= 0.3 is 0 Å². The molecule has 0 atom stereocenters. The molecule has 0 radical (unpaired) electrons. The highest BCUT2D eigenvalue weighted by Gasteiger charge is 2.12. The van der Waals surface area contributed by atoms with Gasteiger partial charge in [0.05, 0.1) is 0 Å². The van der Waals surface area contributed by atoms with Crippen LogP contribution >= 0.6 is 0 Å². The predicted octanol–water partition coefficient (Wildman–Crippen LogP) is 4.33. The third-order valence-electron chi connectivity index (χ3n) is 3.45. The average molecular weight is 243 g/mol. The van der Waals surface area contributed by atoms with Crippen molar-refractivity contribution in [2.24, 2.45) is 7.05 Å². The summed E-state index contributed by atoms with van der Waals surface area (Å²) in [6.07, 6.45) is 7.25. The van der Waals surface area contributed by atoms with Crippen molar-refractivity contribution in [2.75, 3.05) is 0 Å². The van der Waals surface area contributed by atoms with E-state index in [0.717, 1.165) is 29.3 Å². The zero-order valence-corrected chi connectivity index (χ0v) is 11.3. The van der Waals surface area contributed by atoms with Gasteiger partial charge in [-0.25, -0.2) is 0 Å². The number of carbonyl (C=O) groups is 1. The smallest absolute Gasteiger partial charge is 0.165 e. The second-order valence-electron chi connectivity index (χ2n) is 4.90. The first-order valence-electron chi connectivity index (χ1n) is 6.81. The maximum atomic E-state index is 12.2. The molecule has 18 heavy (non-hydrogen) atoms. The Balaban J connectivity index is 2.13. The Hall–Kier alpha value is -1.57. The number of aromatic nitrogens is 1. The number of aryl methyl sites for hydroxylation is 1. The molecule has 0 N–H and O–H groups in total. The fourth-order valence-electron chi connectivity index (χ4n) is 2.41. The number of fused-ring (bicyclic) bond motifs is 1. The van der Waals surface area contributed by atoms with Crippen LogP contribution in [-0.4, -0.2) is 10.4 Å². The van der Waals surface area contributed by atoms with Gasteiger partial charge in [-0.15, -0.1) is 0 Å². The minimum absolute atomic E-state index is 0.280. The van der Waals surface area contributed by atoms with E-state index in [1.54, 1.807) is 0 Å². The fourth-order valence-corrected chi connectivity index (χ4v) is 2.41. The summed E-state index contributed by atoms with van der Waals surface area (Å²) in [6, 6.07) is 8.10. The normalized spacial score (nSPS) is 11.0. The van der Waals surface area contributed by atoms with Crippen LogP contribution in [0.1, 0.15) is 49.4 Å². The summed E-state index contributed by atoms with van der Waals surface area (Å²) in [7, 11) is 2.00. The number of hydrogen-bond donors (Lipinski definition) is 0. The molecule has 0 bridgehead atoms. The van der Waals surface area contributed by atoms with E-state index in [4.69, 9.17) is 0 Å². The van der Waals surface area contributed by atoms with Gasteiger partial charge in [-0.1, -0.05) is 44.4 Å². The van der Waals surface area contributed by atoms with Crippen molar-refractivity contribution in [3.8, 4) is 0 Å². The Morgan fingerprint density at radius 1 is 1.17 bits per heavy atom. The summed E-state index contributed by atoms with van der Waals surface area (Å²) in [5, 5.41) is 1.08. The molecule has 0 spiro atoms. The highest BCUT2D eigenvalue weighted by atomic mass is 16.1. The number of ketones is 1. The van der Waals surface area contributed by atoms with E-state index in [1.807, 2.05) is 36.0 Å². The molecule has 0 aliphatic rings. The van der Waals surface area contributed by atoms with Gasteiger partial charge in [0.25, 0.3) is 0 Å². The van der Waals surface area contributed by atoms with Crippen LogP contribution < -0.4 is 0 Å².